The average Bonchev–Trinajstić information content (AvgIpc) is 2.06. The number of hydrogen-bond donors (Lipinski definition) is 0. The van der Waals surface area contributed by atoms with Crippen LogP contribution in [0.25, 0.3) is 0 Å². The number of rotatable bonds is 3. The second-order valence-corrected chi connectivity index (χ2v) is 5.91. The molecule has 0 atom stereocenters. The fourth-order valence-electron chi connectivity index (χ4n) is 1.05. The van der Waals surface area contributed by atoms with E-state index in [4.69, 9.17) is 0 Å². The van der Waals surface area contributed by atoms with Crippen LogP contribution in [0.2, 0.25) is 0 Å². The highest BCUT2D eigenvalue weighted by atomic mass is 79.9. The minimum absolute atomic E-state index is 0.707. The van der Waals surface area contributed by atoms with Gasteiger partial charge in [-0.3, -0.25) is 0 Å². The van der Waals surface area contributed by atoms with E-state index >= 15 is 0 Å². The van der Waals surface area contributed by atoms with Gasteiger partial charge in [-0.25, -0.2) is 0 Å². The lowest BCUT2D eigenvalue weighted by molar-refractivity contribution is 1.11. The lowest BCUT2D eigenvalue weighted by Crippen LogP contribution is -1.91. The second-order valence-electron chi connectivity index (χ2n) is 3.43. The molecule has 1 aromatic carbocycles. The van der Waals surface area contributed by atoms with Crippen molar-refractivity contribution in [3.8, 4) is 0 Å². The molecule has 2 heteroatoms. The van der Waals surface area contributed by atoms with Crippen LogP contribution in [0.1, 0.15) is 25.0 Å². The number of thioether (sulfide) groups is 1. The van der Waals surface area contributed by atoms with Crippen molar-refractivity contribution < 1.29 is 0 Å². The molecule has 0 radical (unpaired) electrons. The molecular formula is C11H15BrS. The molecule has 72 valence electrons. The molecule has 0 aliphatic heterocycles. The minimum Gasteiger partial charge on any atom is -0.154 e. The van der Waals surface area contributed by atoms with Gasteiger partial charge in [0, 0.05) is 10.2 Å². The summed E-state index contributed by atoms with van der Waals surface area (Å²) in [4.78, 5) is 0. The Morgan fingerprint density at radius 2 is 2.08 bits per heavy atom. The third kappa shape index (κ3) is 3.74. The van der Waals surface area contributed by atoms with Crippen LogP contribution in [0.5, 0.6) is 0 Å². The standard InChI is InChI=1S/C11H15BrS/c1-8(2)13-7-10-6-11(12)5-4-9(10)3/h4-6,8H,7H2,1-3H3. The summed E-state index contributed by atoms with van der Waals surface area (Å²) in [5.74, 6) is 1.11. The first-order chi connectivity index (χ1) is 6.09. The smallest absolute Gasteiger partial charge is 0.0190 e. The number of hydrogen-bond acceptors (Lipinski definition) is 1. The number of benzene rings is 1. The highest BCUT2D eigenvalue weighted by molar-refractivity contribution is 9.10. The van der Waals surface area contributed by atoms with Crippen LogP contribution >= 0.6 is 27.7 Å². The van der Waals surface area contributed by atoms with Crippen LogP contribution in [0.4, 0.5) is 0 Å². The van der Waals surface area contributed by atoms with E-state index in [1.807, 2.05) is 11.8 Å². The average molecular weight is 259 g/mol. The molecule has 0 amide bonds. The highest BCUT2D eigenvalue weighted by Crippen LogP contribution is 2.22. The summed E-state index contributed by atoms with van der Waals surface area (Å²) in [5.41, 5.74) is 2.82. The van der Waals surface area contributed by atoms with Crippen LogP contribution in [0.3, 0.4) is 0 Å². The van der Waals surface area contributed by atoms with Gasteiger partial charge in [-0.05, 0) is 35.4 Å². The molecule has 0 nitrogen and oxygen atoms in total. The number of aryl methyl sites for hydroxylation is 1. The molecule has 0 unspecified atom stereocenters. The van der Waals surface area contributed by atoms with Gasteiger partial charge in [0.2, 0.25) is 0 Å². The molecule has 0 aliphatic carbocycles. The van der Waals surface area contributed by atoms with Crippen molar-refractivity contribution in [2.75, 3.05) is 0 Å². The summed E-state index contributed by atoms with van der Waals surface area (Å²) in [5, 5.41) is 0.707. The van der Waals surface area contributed by atoms with E-state index in [9.17, 15) is 0 Å². The van der Waals surface area contributed by atoms with Crippen molar-refractivity contribution in [1.82, 2.24) is 0 Å². The van der Waals surface area contributed by atoms with Crippen molar-refractivity contribution >= 4 is 27.7 Å². The van der Waals surface area contributed by atoms with Gasteiger partial charge in [0.15, 0.2) is 0 Å². The maximum absolute atomic E-state index is 3.49. The van der Waals surface area contributed by atoms with Crippen LogP contribution in [-0.4, -0.2) is 5.25 Å². The Morgan fingerprint density at radius 1 is 1.38 bits per heavy atom. The van der Waals surface area contributed by atoms with Gasteiger partial charge in [0.25, 0.3) is 0 Å². The molecule has 0 fully saturated rings. The van der Waals surface area contributed by atoms with Crippen LogP contribution < -0.4 is 0 Å². The lowest BCUT2D eigenvalue weighted by Gasteiger charge is -2.08. The van der Waals surface area contributed by atoms with Crippen LogP contribution in [-0.2, 0) is 5.75 Å². The molecule has 0 bridgehead atoms. The Hall–Kier alpha value is 0.0500. The monoisotopic (exact) mass is 258 g/mol. The minimum atomic E-state index is 0.707. The summed E-state index contributed by atoms with van der Waals surface area (Å²) in [6.07, 6.45) is 0. The first-order valence-corrected chi connectivity index (χ1v) is 6.30. The zero-order valence-corrected chi connectivity index (χ0v) is 10.7. The molecule has 0 saturated heterocycles. The zero-order chi connectivity index (χ0) is 9.84. The van der Waals surface area contributed by atoms with Crippen molar-refractivity contribution in [2.45, 2.75) is 31.8 Å². The molecule has 0 saturated carbocycles. The molecule has 1 rings (SSSR count). The van der Waals surface area contributed by atoms with E-state index in [-0.39, 0.29) is 0 Å². The van der Waals surface area contributed by atoms with Crippen molar-refractivity contribution in [2.24, 2.45) is 0 Å². The fraction of sp³-hybridized carbons (Fsp3) is 0.455. The quantitative estimate of drug-likeness (QED) is 0.775. The lowest BCUT2D eigenvalue weighted by atomic mass is 10.1. The van der Waals surface area contributed by atoms with Gasteiger partial charge < -0.3 is 0 Å². The molecule has 0 N–H and O–H groups in total. The predicted molar refractivity (Wildman–Crippen MR) is 65.3 cm³/mol. The SMILES string of the molecule is Cc1ccc(Br)cc1CSC(C)C. The Morgan fingerprint density at radius 3 is 2.69 bits per heavy atom. The summed E-state index contributed by atoms with van der Waals surface area (Å²) >= 11 is 5.48. The Balaban J connectivity index is 2.70. The third-order valence-electron chi connectivity index (χ3n) is 1.88. The van der Waals surface area contributed by atoms with E-state index in [0.29, 0.717) is 5.25 Å². The Labute approximate surface area is 93.2 Å². The molecule has 1 aromatic rings. The molecule has 0 aromatic heterocycles. The van der Waals surface area contributed by atoms with Gasteiger partial charge in [-0.2, -0.15) is 11.8 Å². The van der Waals surface area contributed by atoms with Crippen molar-refractivity contribution in [3.63, 3.8) is 0 Å². The van der Waals surface area contributed by atoms with E-state index in [1.165, 1.54) is 15.6 Å². The van der Waals surface area contributed by atoms with Gasteiger partial charge in [0.05, 0.1) is 0 Å². The summed E-state index contributed by atoms with van der Waals surface area (Å²) in [7, 11) is 0. The zero-order valence-electron chi connectivity index (χ0n) is 8.30. The second kappa shape index (κ2) is 5.06. The highest BCUT2D eigenvalue weighted by Gasteiger charge is 2.01. The first-order valence-electron chi connectivity index (χ1n) is 4.46. The summed E-state index contributed by atoms with van der Waals surface area (Å²) in [6.45, 7) is 6.64. The van der Waals surface area contributed by atoms with Gasteiger partial charge in [-0.15, -0.1) is 0 Å². The van der Waals surface area contributed by atoms with Crippen molar-refractivity contribution in [3.05, 3.63) is 33.8 Å². The third-order valence-corrected chi connectivity index (χ3v) is 3.52. The van der Waals surface area contributed by atoms with Crippen LogP contribution in [0, 0.1) is 6.92 Å². The molecule has 0 spiro atoms. The van der Waals surface area contributed by atoms with Gasteiger partial charge >= 0.3 is 0 Å². The summed E-state index contributed by atoms with van der Waals surface area (Å²) < 4.78 is 1.18. The maximum atomic E-state index is 3.49. The Bertz CT molecular complexity index is 281. The van der Waals surface area contributed by atoms with E-state index < -0.39 is 0 Å². The normalized spacial score (nSPS) is 10.8. The topological polar surface area (TPSA) is 0 Å². The summed E-state index contributed by atoms with van der Waals surface area (Å²) in [6, 6.07) is 6.48. The Kier molecular flexibility index (Phi) is 4.33. The number of halogens is 1. The largest absolute Gasteiger partial charge is 0.154 e. The predicted octanol–water partition coefficient (Wildman–Crippen LogP) is 4.40. The molecule has 0 aliphatic rings. The van der Waals surface area contributed by atoms with E-state index in [0.717, 1.165) is 5.75 Å². The molecule has 0 heterocycles. The van der Waals surface area contributed by atoms with Gasteiger partial charge in [-0.1, -0.05) is 35.8 Å². The van der Waals surface area contributed by atoms with Crippen molar-refractivity contribution in [1.29, 1.82) is 0 Å². The fourth-order valence-corrected chi connectivity index (χ4v) is 2.28. The molecular weight excluding hydrogens is 244 g/mol. The van der Waals surface area contributed by atoms with Crippen LogP contribution in [0.15, 0.2) is 22.7 Å². The maximum Gasteiger partial charge on any atom is 0.0190 e. The van der Waals surface area contributed by atoms with Gasteiger partial charge in [0.1, 0.15) is 0 Å². The first kappa shape index (κ1) is 11.1. The van der Waals surface area contributed by atoms with E-state index in [2.05, 4.69) is 54.9 Å². The molecule has 13 heavy (non-hydrogen) atoms. The van der Waals surface area contributed by atoms with E-state index in [1.54, 1.807) is 0 Å².